The molecule has 0 fully saturated rings. The number of hydrogen-bond donors (Lipinski definition) is 0. The van der Waals surface area contributed by atoms with Crippen LogP contribution in [0, 0.1) is 0 Å². The maximum absolute atomic E-state index is 12.1. The minimum absolute atomic E-state index is 0.226. The van der Waals surface area contributed by atoms with Crippen LogP contribution in [0.2, 0.25) is 0 Å². The van der Waals surface area contributed by atoms with Gasteiger partial charge < -0.3 is 0 Å². The van der Waals surface area contributed by atoms with Crippen molar-refractivity contribution >= 4 is 16.6 Å². The molecule has 0 amide bonds. The van der Waals surface area contributed by atoms with Gasteiger partial charge >= 0.3 is 0 Å². The number of carbonyl (C=O) groups excluding carboxylic acids is 1. The van der Waals surface area contributed by atoms with Crippen molar-refractivity contribution in [3.63, 3.8) is 0 Å². The van der Waals surface area contributed by atoms with Gasteiger partial charge in [-0.05, 0) is 23.6 Å². The summed E-state index contributed by atoms with van der Waals surface area (Å²) in [4.78, 5) is 12.1. The lowest BCUT2D eigenvalue weighted by Crippen LogP contribution is -1.99. The summed E-state index contributed by atoms with van der Waals surface area (Å²) < 4.78 is 0. The summed E-state index contributed by atoms with van der Waals surface area (Å²) in [5, 5.41) is 2.18. The van der Waals surface area contributed by atoms with Gasteiger partial charge in [-0.1, -0.05) is 48.5 Å². The van der Waals surface area contributed by atoms with E-state index in [1.807, 2.05) is 48.5 Å². The van der Waals surface area contributed by atoms with Crippen LogP contribution in [-0.4, -0.2) is 5.78 Å². The summed E-state index contributed by atoms with van der Waals surface area (Å²) in [6.45, 7) is 3.67. The summed E-state index contributed by atoms with van der Waals surface area (Å²) >= 11 is 0. The van der Waals surface area contributed by atoms with Gasteiger partial charge in [0.2, 0.25) is 0 Å². The van der Waals surface area contributed by atoms with E-state index in [-0.39, 0.29) is 5.78 Å². The Labute approximate surface area is 102 Å². The molecule has 0 aliphatic heterocycles. The molecule has 2 rings (SSSR count). The molecule has 2 aromatic carbocycles. The van der Waals surface area contributed by atoms with Gasteiger partial charge in [-0.2, -0.15) is 0 Å². The molecule has 0 unspecified atom stereocenters. The Kier molecular flexibility index (Phi) is 3.71. The Morgan fingerprint density at radius 3 is 2.71 bits per heavy atom. The highest BCUT2D eigenvalue weighted by Crippen LogP contribution is 2.20. The van der Waals surface area contributed by atoms with E-state index in [0.29, 0.717) is 6.42 Å². The predicted molar refractivity (Wildman–Crippen MR) is 72.3 cm³/mol. The minimum atomic E-state index is 0.226. The lowest BCUT2D eigenvalue weighted by molar-refractivity contribution is 0.0982. The van der Waals surface area contributed by atoms with Crippen molar-refractivity contribution in [3.05, 3.63) is 60.7 Å². The first-order valence-corrected chi connectivity index (χ1v) is 5.95. The number of fused-ring (bicyclic) bond motifs is 1. The average molecular weight is 224 g/mol. The van der Waals surface area contributed by atoms with E-state index in [1.54, 1.807) is 0 Å². The highest BCUT2D eigenvalue weighted by atomic mass is 16.1. The topological polar surface area (TPSA) is 17.1 Å². The molecule has 2 aromatic rings. The molecule has 0 aromatic heterocycles. The van der Waals surface area contributed by atoms with Crippen molar-refractivity contribution in [3.8, 4) is 0 Å². The molecule has 0 saturated heterocycles. The molecule has 0 aliphatic rings. The van der Waals surface area contributed by atoms with Crippen LogP contribution in [0.1, 0.15) is 29.6 Å². The fourth-order valence-corrected chi connectivity index (χ4v) is 2.01. The van der Waals surface area contributed by atoms with Crippen LogP contribution in [0.15, 0.2) is 55.1 Å². The number of carbonyl (C=O) groups is 1. The van der Waals surface area contributed by atoms with Crippen LogP contribution in [0.25, 0.3) is 10.8 Å². The Morgan fingerprint density at radius 1 is 1.12 bits per heavy atom. The summed E-state index contributed by atoms with van der Waals surface area (Å²) in [7, 11) is 0. The Balaban J connectivity index is 2.28. The molecule has 0 saturated carbocycles. The van der Waals surface area contributed by atoms with Crippen molar-refractivity contribution in [1.29, 1.82) is 0 Å². The third-order valence-corrected chi connectivity index (χ3v) is 2.90. The van der Waals surface area contributed by atoms with Crippen LogP contribution in [0.3, 0.4) is 0 Å². The molecule has 0 atom stereocenters. The van der Waals surface area contributed by atoms with Gasteiger partial charge in [0, 0.05) is 12.0 Å². The van der Waals surface area contributed by atoms with Gasteiger partial charge in [-0.3, -0.25) is 4.79 Å². The molecule has 0 spiro atoms. The molecule has 0 radical (unpaired) electrons. The highest BCUT2D eigenvalue weighted by Gasteiger charge is 2.08. The van der Waals surface area contributed by atoms with E-state index in [9.17, 15) is 4.79 Å². The van der Waals surface area contributed by atoms with Crippen LogP contribution in [-0.2, 0) is 0 Å². The number of hydrogen-bond acceptors (Lipinski definition) is 1. The normalized spacial score (nSPS) is 10.4. The van der Waals surface area contributed by atoms with Gasteiger partial charge in [-0.15, -0.1) is 6.58 Å². The molecule has 1 nitrogen and oxygen atoms in total. The number of benzene rings is 2. The lowest BCUT2D eigenvalue weighted by Gasteiger charge is -2.05. The van der Waals surface area contributed by atoms with Gasteiger partial charge in [-0.25, -0.2) is 0 Å². The zero-order valence-corrected chi connectivity index (χ0v) is 9.86. The largest absolute Gasteiger partial charge is 0.294 e. The maximum Gasteiger partial charge on any atom is 0.163 e. The van der Waals surface area contributed by atoms with Gasteiger partial charge in [0.25, 0.3) is 0 Å². The van der Waals surface area contributed by atoms with Crippen molar-refractivity contribution in [2.75, 3.05) is 0 Å². The molecule has 1 heteroatoms. The van der Waals surface area contributed by atoms with Gasteiger partial charge in [0.1, 0.15) is 0 Å². The monoisotopic (exact) mass is 224 g/mol. The predicted octanol–water partition coefficient (Wildman–Crippen LogP) is 4.38. The third kappa shape index (κ3) is 2.62. The maximum atomic E-state index is 12.1. The first kappa shape index (κ1) is 11.6. The van der Waals surface area contributed by atoms with Gasteiger partial charge in [0.15, 0.2) is 5.78 Å². The first-order valence-electron chi connectivity index (χ1n) is 5.95. The number of rotatable bonds is 5. The fraction of sp³-hybridized carbons (Fsp3) is 0.188. The lowest BCUT2D eigenvalue weighted by atomic mass is 9.99. The summed E-state index contributed by atoms with van der Waals surface area (Å²) in [5.74, 6) is 0.226. The molecular formula is C16H16O. The number of Topliss-reactive ketones (excluding diaryl/α,β-unsaturated/α-hetero) is 1. The van der Waals surface area contributed by atoms with Crippen LogP contribution >= 0.6 is 0 Å². The summed E-state index contributed by atoms with van der Waals surface area (Å²) in [6, 6.07) is 13.9. The van der Waals surface area contributed by atoms with Crippen LogP contribution < -0.4 is 0 Å². The standard InChI is InChI=1S/C16H16O/c1-2-3-4-12-16(17)15-11-7-9-13-8-5-6-10-14(13)15/h2,5-11H,1,3-4,12H2. The summed E-state index contributed by atoms with van der Waals surface area (Å²) in [5.41, 5.74) is 0.840. The average Bonchev–Trinajstić information content (AvgIpc) is 2.38. The molecule has 0 heterocycles. The quantitative estimate of drug-likeness (QED) is 0.418. The molecular weight excluding hydrogens is 208 g/mol. The molecule has 0 aliphatic carbocycles. The first-order chi connectivity index (χ1) is 8.33. The Hall–Kier alpha value is -1.89. The van der Waals surface area contributed by atoms with Crippen LogP contribution in [0.5, 0.6) is 0 Å². The Bertz CT molecular complexity index is 535. The van der Waals surface area contributed by atoms with Crippen LogP contribution in [0.4, 0.5) is 0 Å². The molecule has 86 valence electrons. The minimum Gasteiger partial charge on any atom is -0.294 e. The van der Waals surface area contributed by atoms with Crippen molar-refractivity contribution < 1.29 is 4.79 Å². The van der Waals surface area contributed by atoms with E-state index < -0.39 is 0 Å². The zero-order chi connectivity index (χ0) is 12.1. The van der Waals surface area contributed by atoms with E-state index in [4.69, 9.17) is 0 Å². The second-order valence-electron chi connectivity index (χ2n) is 4.13. The van der Waals surface area contributed by atoms with Crippen molar-refractivity contribution in [2.24, 2.45) is 0 Å². The fourth-order valence-electron chi connectivity index (χ4n) is 2.01. The van der Waals surface area contributed by atoms with E-state index >= 15 is 0 Å². The van der Waals surface area contributed by atoms with E-state index in [2.05, 4.69) is 6.58 Å². The Morgan fingerprint density at radius 2 is 1.88 bits per heavy atom. The number of unbranched alkanes of at least 4 members (excludes halogenated alkanes) is 1. The zero-order valence-electron chi connectivity index (χ0n) is 9.86. The molecule has 0 bridgehead atoms. The molecule has 0 N–H and O–H groups in total. The van der Waals surface area contributed by atoms with Crippen molar-refractivity contribution in [2.45, 2.75) is 19.3 Å². The highest BCUT2D eigenvalue weighted by molar-refractivity contribution is 6.08. The molecule has 17 heavy (non-hydrogen) atoms. The van der Waals surface area contributed by atoms with E-state index in [0.717, 1.165) is 29.2 Å². The second-order valence-corrected chi connectivity index (χ2v) is 4.13. The number of ketones is 1. The third-order valence-electron chi connectivity index (χ3n) is 2.90. The smallest absolute Gasteiger partial charge is 0.163 e. The number of allylic oxidation sites excluding steroid dienone is 1. The SMILES string of the molecule is C=CCCCC(=O)c1cccc2ccccc12. The second kappa shape index (κ2) is 5.44. The van der Waals surface area contributed by atoms with Crippen molar-refractivity contribution in [1.82, 2.24) is 0 Å². The van der Waals surface area contributed by atoms with E-state index in [1.165, 1.54) is 0 Å². The summed E-state index contributed by atoms with van der Waals surface area (Å²) in [6.07, 6.45) is 4.23. The van der Waals surface area contributed by atoms with Gasteiger partial charge in [0.05, 0.1) is 0 Å².